The molecule has 0 unspecified atom stereocenters. The van der Waals surface area contributed by atoms with Crippen LogP contribution in [0.2, 0.25) is 0 Å². The molecule has 0 fully saturated rings. The van der Waals surface area contributed by atoms with Crippen molar-refractivity contribution < 1.29 is 31.1 Å². The van der Waals surface area contributed by atoms with E-state index in [1.54, 1.807) is 0 Å². The summed E-state index contributed by atoms with van der Waals surface area (Å²) in [5.41, 5.74) is -1.85. The van der Waals surface area contributed by atoms with Crippen molar-refractivity contribution >= 4 is 0 Å². The van der Waals surface area contributed by atoms with Crippen molar-refractivity contribution in [3.05, 3.63) is 29.3 Å². The Hall–Kier alpha value is -1.91. The molecule has 104 valence electrons. The van der Waals surface area contributed by atoms with Gasteiger partial charge in [-0.25, -0.2) is 0 Å². The third kappa shape index (κ3) is 4.69. The lowest BCUT2D eigenvalue weighted by atomic mass is 10.1. The molecule has 1 rings (SSSR count). The zero-order valence-corrected chi connectivity index (χ0v) is 9.27. The molecule has 0 bridgehead atoms. The lowest BCUT2D eigenvalue weighted by Crippen LogP contribution is -2.13. The standard InChI is InChI=1S/C11H7F6NO/c12-10(13,14)3-4-19-8-2-1-7(6-18)9(5-8)11(15,16)17/h1-2,5H,3-4H2. The fourth-order valence-electron chi connectivity index (χ4n) is 1.23. The minimum absolute atomic E-state index is 0.365. The Labute approximate surface area is 104 Å². The van der Waals surface area contributed by atoms with Gasteiger partial charge in [-0.1, -0.05) is 0 Å². The third-order valence-corrected chi connectivity index (χ3v) is 2.07. The van der Waals surface area contributed by atoms with E-state index in [1.165, 1.54) is 6.07 Å². The number of alkyl halides is 6. The maximum atomic E-state index is 12.5. The van der Waals surface area contributed by atoms with Crippen LogP contribution in [0.4, 0.5) is 26.3 Å². The molecule has 0 atom stereocenters. The topological polar surface area (TPSA) is 33.0 Å². The molecule has 0 aliphatic heterocycles. The smallest absolute Gasteiger partial charge is 0.417 e. The Morgan fingerprint density at radius 2 is 1.74 bits per heavy atom. The average Bonchev–Trinajstić information content (AvgIpc) is 2.26. The molecule has 0 heterocycles. The van der Waals surface area contributed by atoms with Gasteiger partial charge in [0.15, 0.2) is 0 Å². The number of hydrogen-bond donors (Lipinski definition) is 0. The summed E-state index contributed by atoms with van der Waals surface area (Å²) in [6.07, 6.45) is -10.5. The molecule has 1 aromatic rings. The molecule has 8 heteroatoms. The van der Waals surface area contributed by atoms with Gasteiger partial charge in [0.1, 0.15) is 5.75 Å². The molecule has 19 heavy (non-hydrogen) atoms. The highest BCUT2D eigenvalue weighted by Crippen LogP contribution is 2.34. The highest BCUT2D eigenvalue weighted by atomic mass is 19.4. The van der Waals surface area contributed by atoms with Crippen molar-refractivity contribution in [2.75, 3.05) is 6.61 Å². The van der Waals surface area contributed by atoms with Crippen molar-refractivity contribution in [2.45, 2.75) is 18.8 Å². The van der Waals surface area contributed by atoms with E-state index < -0.39 is 36.5 Å². The van der Waals surface area contributed by atoms with E-state index in [0.717, 1.165) is 12.1 Å². The highest BCUT2D eigenvalue weighted by molar-refractivity contribution is 5.44. The number of nitriles is 1. The molecular formula is C11H7F6NO. The van der Waals surface area contributed by atoms with Gasteiger partial charge in [-0.15, -0.1) is 0 Å². The molecule has 0 aliphatic rings. The van der Waals surface area contributed by atoms with Crippen LogP contribution in [0.1, 0.15) is 17.5 Å². The summed E-state index contributed by atoms with van der Waals surface area (Å²) in [5.74, 6) is -0.365. The number of benzene rings is 1. The van der Waals surface area contributed by atoms with E-state index >= 15 is 0 Å². The summed E-state index contributed by atoms with van der Waals surface area (Å²) in [6.45, 7) is -0.785. The summed E-state index contributed by atoms with van der Waals surface area (Å²) < 4.78 is 77.7. The number of rotatable bonds is 3. The minimum Gasteiger partial charge on any atom is -0.493 e. The van der Waals surface area contributed by atoms with E-state index in [2.05, 4.69) is 4.74 Å². The lowest BCUT2D eigenvalue weighted by Gasteiger charge is -2.12. The van der Waals surface area contributed by atoms with Gasteiger partial charge in [0.2, 0.25) is 0 Å². The second-order valence-corrected chi connectivity index (χ2v) is 3.53. The fourth-order valence-corrected chi connectivity index (χ4v) is 1.23. The molecule has 2 nitrogen and oxygen atoms in total. The largest absolute Gasteiger partial charge is 0.493 e. The van der Waals surface area contributed by atoms with Gasteiger partial charge in [0, 0.05) is 0 Å². The Bertz CT molecular complexity index is 485. The number of halogens is 6. The number of hydrogen-bond acceptors (Lipinski definition) is 2. The van der Waals surface area contributed by atoms with Crippen LogP contribution in [-0.2, 0) is 6.18 Å². The summed E-state index contributed by atoms with van der Waals surface area (Å²) in [7, 11) is 0. The van der Waals surface area contributed by atoms with Gasteiger partial charge in [-0.05, 0) is 18.2 Å². The molecule has 0 aromatic heterocycles. The van der Waals surface area contributed by atoms with Crippen LogP contribution in [0.3, 0.4) is 0 Å². The van der Waals surface area contributed by atoms with Crippen molar-refractivity contribution in [1.82, 2.24) is 0 Å². The molecule has 0 radical (unpaired) electrons. The van der Waals surface area contributed by atoms with E-state index in [-0.39, 0.29) is 5.75 Å². The van der Waals surface area contributed by atoms with E-state index in [4.69, 9.17) is 5.26 Å². The van der Waals surface area contributed by atoms with E-state index in [0.29, 0.717) is 6.07 Å². The van der Waals surface area contributed by atoms with Gasteiger partial charge in [0.05, 0.1) is 30.2 Å². The third-order valence-electron chi connectivity index (χ3n) is 2.07. The fraction of sp³-hybridized carbons (Fsp3) is 0.364. The molecule has 1 aromatic carbocycles. The first-order valence-electron chi connectivity index (χ1n) is 4.94. The Morgan fingerprint density at radius 1 is 1.11 bits per heavy atom. The molecule has 0 saturated heterocycles. The van der Waals surface area contributed by atoms with Gasteiger partial charge in [-0.3, -0.25) is 0 Å². The predicted molar refractivity (Wildman–Crippen MR) is 52.3 cm³/mol. The van der Waals surface area contributed by atoms with Gasteiger partial charge < -0.3 is 4.74 Å². The lowest BCUT2D eigenvalue weighted by molar-refractivity contribution is -0.141. The first-order valence-corrected chi connectivity index (χ1v) is 4.94. The zero-order chi connectivity index (χ0) is 14.7. The molecule has 0 aliphatic carbocycles. The first kappa shape index (κ1) is 15.1. The molecule has 0 amide bonds. The predicted octanol–water partition coefficient (Wildman–Crippen LogP) is 3.91. The van der Waals surface area contributed by atoms with Crippen molar-refractivity contribution in [2.24, 2.45) is 0 Å². The second-order valence-electron chi connectivity index (χ2n) is 3.53. The van der Waals surface area contributed by atoms with Crippen LogP contribution >= 0.6 is 0 Å². The van der Waals surface area contributed by atoms with Crippen LogP contribution in [0.25, 0.3) is 0 Å². The van der Waals surface area contributed by atoms with Crippen LogP contribution in [-0.4, -0.2) is 12.8 Å². The van der Waals surface area contributed by atoms with Crippen molar-refractivity contribution in [3.63, 3.8) is 0 Å². The summed E-state index contributed by atoms with van der Waals surface area (Å²) in [4.78, 5) is 0. The average molecular weight is 283 g/mol. The summed E-state index contributed by atoms with van der Waals surface area (Å²) in [6, 6.07) is 3.73. The van der Waals surface area contributed by atoms with Gasteiger partial charge in [-0.2, -0.15) is 31.6 Å². The van der Waals surface area contributed by atoms with Gasteiger partial charge >= 0.3 is 12.4 Å². The minimum atomic E-state index is -4.77. The van der Waals surface area contributed by atoms with E-state index in [1.807, 2.05) is 0 Å². The number of ether oxygens (including phenoxy) is 1. The zero-order valence-electron chi connectivity index (χ0n) is 9.27. The maximum Gasteiger partial charge on any atom is 0.417 e. The van der Waals surface area contributed by atoms with Crippen LogP contribution < -0.4 is 4.74 Å². The van der Waals surface area contributed by atoms with Crippen LogP contribution in [0.15, 0.2) is 18.2 Å². The molecule has 0 N–H and O–H groups in total. The monoisotopic (exact) mass is 283 g/mol. The van der Waals surface area contributed by atoms with Crippen molar-refractivity contribution in [3.8, 4) is 11.8 Å². The number of nitrogens with zero attached hydrogens (tertiary/aromatic N) is 1. The Kier molecular flexibility index (Phi) is 4.29. The molecular weight excluding hydrogens is 276 g/mol. The Balaban J connectivity index is 2.86. The SMILES string of the molecule is N#Cc1ccc(OCCC(F)(F)F)cc1C(F)(F)F. The van der Waals surface area contributed by atoms with E-state index in [9.17, 15) is 26.3 Å². The Morgan fingerprint density at radius 3 is 2.21 bits per heavy atom. The van der Waals surface area contributed by atoms with Crippen molar-refractivity contribution in [1.29, 1.82) is 5.26 Å². The quantitative estimate of drug-likeness (QED) is 0.788. The normalized spacial score (nSPS) is 12.1. The van der Waals surface area contributed by atoms with Gasteiger partial charge in [0.25, 0.3) is 0 Å². The second kappa shape index (κ2) is 5.38. The molecule has 0 spiro atoms. The summed E-state index contributed by atoms with van der Waals surface area (Å²) >= 11 is 0. The highest BCUT2D eigenvalue weighted by Gasteiger charge is 2.34. The van der Waals surface area contributed by atoms with Crippen LogP contribution in [0, 0.1) is 11.3 Å². The van der Waals surface area contributed by atoms with Crippen LogP contribution in [0.5, 0.6) is 5.75 Å². The molecule has 0 saturated carbocycles. The maximum absolute atomic E-state index is 12.5. The summed E-state index contributed by atoms with van der Waals surface area (Å²) in [5, 5.41) is 8.52. The first-order chi connectivity index (χ1) is 8.63.